The molecule has 0 spiro atoms. The van der Waals surface area contributed by atoms with Gasteiger partial charge in [0.05, 0.1) is 12.8 Å². The minimum absolute atomic E-state index is 0.692. The summed E-state index contributed by atoms with van der Waals surface area (Å²) in [4.78, 5) is 13.8. The summed E-state index contributed by atoms with van der Waals surface area (Å²) in [6.45, 7) is 9.99. The molecule has 1 saturated heterocycles. The fourth-order valence-corrected chi connectivity index (χ4v) is 3.00. The quantitative estimate of drug-likeness (QED) is 0.817. The average molecular weight is 339 g/mol. The molecule has 0 bridgehead atoms. The van der Waals surface area contributed by atoms with Crippen molar-refractivity contribution in [3.63, 3.8) is 0 Å². The number of piperazine rings is 1. The van der Waals surface area contributed by atoms with Gasteiger partial charge in [0.1, 0.15) is 11.6 Å². The largest absolute Gasteiger partial charge is 0.495 e. The highest BCUT2D eigenvalue weighted by atomic mass is 16.5. The summed E-state index contributed by atoms with van der Waals surface area (Å²) in [6.07, 6.45) is 1.82. The molecular weight excluding hydrogens is 314 g/mol. The first-order valence-electron chi connectivity index (χ1n) is 8.54. The Hall–Kier alpha value is -2.76. The number of rotatable bonds is 6. The van der Waals surface area contributed by atoms with Gasteiger partial charge in [-0.25, -0.2) is 4.98 Å². The van der Waals surface area contributed by atoms with Gasteiger partial charge in [-0.15, -0.1) is 6.58 Å². The lowest BCUT2D eigenvalue weighted by Crippen LogP contribution is -2.47. The second-order valence-electron chi connectivity index (χ2n) is 6.01. The topological polar surface area (TPSA) is 53.5 Å². The van der Waals surface area contributed by atoms with E-state index in [1.54, 1.807) is 7.11 Å². The van der Waals surface area contributed by atoms with Crippen LogP contribution in [0.2, 0.25) is 0 Å². The minimum atomic E-state index is 0.692. The molecule has 1 aliphatic rings. The molecular formula is C19H25N5O. The maximum absolute atomic E-state index is 5.48. The molecule has 0 aliphatic carbocycles. The van der Waals surface area contributed by atoms with E-state index in [2.05, 4.69) is 37.7 Å². The third-order valence-corrected chi connectivity index (χ3v) is 4.26. The molecule has 132 valence electrons. The molecule has 0 atom stereocenters. The third-order valence-electron chi connectivity index (χ3n) is 4.26. The van der Waals surface area contributed by atoms with Crippen LogP contribution in [-0.2, 0) is 0 Å². The number of methoxy groups -OCH3 is 1. The second-order valence-corrected chi connectivity index (χ2v) is 6.01. The van der Waals surface area contributed by atoms with E-state index in [-0.39, 0.29) is 0 Å². The van der Waals surface area contributed by atoms with Gasteiger partial charge in [-0.2, -0.15) is 4.98 Å². The van der Waals surface area contributed by atoms with Crippen LogP contribution >= 0.6 is 0 Å². The molecule has 25 heavy (non-hydrogen) atoms. The van der Waals surface area contributed by atoms with E-state index < -0.39 is 0 Å². The van der Waals surface area contributed by atoms with Crippen molar-refractivity contribution in [1.82, 2.24) is 9.97 Å². The Bertz CT molecular complexity index is 726. The predicted octanol–water partition coefficient (Wildman–Crippen LogP) is 2.72. The van der Waals surface area contributed by atoms with Crippen LogP contribution in [-0.4, -0.2) is 49.8 Å². The van der Waals surface area contributed by atoms with Gasteiger partial charge >= 0.3 is 0 Å². The van der Waals surface area contributed by atoms with Gasteiger partial charge in [-0.3, -0.25) is 0 Å². The number of benzene rings is 1. The van der Waals surface area contributed by atoms with E-state index >= 15 is 0 Å². The van der Waals surface area contributed by atoms with E-state index in [0.717, 1.165) is 55.1 Å². The third kappa shape index (κ3) is 4.02. The number of ether oxygens (including phenoxy) is 1. The first kappa shape index (κ1) is 17.1. The molecule has 1 aromatic carbocycles. The van der Waals surface area contributed by atoms with Crippen molar-refractivity contribution in [2.24, 2.45) is 0 Å². The van der Waals surface area contributed by atoms with E-state index in [4.69, 9.17) is 4.74 Å². The Morgan fingerprint density at radius 1 is 1.16 bits per heavy atom. The van der Waals surface area contributed by atoms with Crippen LogP contribution in [0.15, 0.2) is 43.0 Å². The van der Waals surface area contributed by atoms with Crippen LogP contribution in [0, 0.1) is 6.92 Å². The van der Waals surface area contributed by atoms with Crippen molar-refractivity contribution in [3.8, 4) is 5.75 Å². The maximum Gasteiger partial charge on any atom is 0.227 e. The molecule has 1 aromatic heterocycles. The first-order chi connectivity index (χ1) is 12.2. The number of aromatic nitrogens is 2. The number of nitrogens with one attached hydrogen (secondary N) is 1. The zero-order valence-corrected chi connectivity index (χ0v) is 14.9. The number of hydrogen-bond donors (Lipinski definition) is 1. The van der Waals surface area contributed by atoms with Gasteiger partial charge in [-0.1, -0.05) is 18.2 Å². The zero-order chi connectivity index (χ0) is 17.6. The van der Waals surface area contributed by atoms with Crippen LogP contribution in [0.4, 0.5) is 17.5 Å². The van der Waals surface area contributed by atoms with Gasteiger partial charge in [0.25, 0.3) is 0 Å². The van der Waals surface area contributed by atoms with Gasteiger partial charge in [0.15, 0.2) is 0 Å². The lowest BCUT2D eigenvalue weighted by molar-refractivity contribution is 0.413. The number of aryl methyl sites for hydroxylation is 1. The number of anilines is 3. The summed E-state index contributed by atoms with van der Waals surface area (Å²) < 4.78 is 5.48. The highest BCUT2D eigenvalue weighted by Crippen LogP contribution is 2.28. The molecule has 2 heterocycles. The zero-order valence-electron chi connectivity index (χ0n) is 14.9. The number of hydrogen-bond acceptors (Lipinski definition) is 6. The van der Waals surface area contributed by atoms with Crippen LogP contribution in [0.3, 0.4) is 0 Å². The molecule has 0 amide bonds. The monoisotopic (exact) mass is 339 g/mol. The smallest absolute Gasteiger partial charge is 0.227 e. The molecule has 6 nitrogen and oxygen atoms in total. The molecule has 2 aromatic rings. The lowest BCUT2D eigenvalue weighted by atomic mass is 10.2. The Morgan fingerprint density at radius 2 is 1.88 bits per heavy atom. The van der Waals surface area contributed by atoms with Crippen molar-refractivity contribution in [1.29, 1.82) is 0 Å². The van der Waals surface area contributed by atoms with Gasteiger partial charge in [0.2, 0.25) is 5.95 Å². The lowest BCUT2D eigenvalue weighted by Gasteiger charge is -2.36. The van der Waals surface area contributed by atoms with Crippen LogP contribution in [0.5, 0.6) is 5.75 Å². The Balaban J connectivity index is 1.70. The van der Waals surface area contributed by atoms with Crippen molar-refractivity contribution in [3.05, 3.63) is 48.7 Å². The molecule has 1 N–H and O–H groups in total. The summed E-state index contributed by atoms with van der Waals surface area (Å²) in [5.74, 6) is 2.54. The normalized spacial score (nSPS) is 14.3. The van der Waals surface area contributed by atoms with E-state index in [9.17, 15) is 0 Å². The van der Waals surface area contributed by atoms with E-state index in [0.29, 0.717) is 6.54 Å². The van der Waals surface area contributed by atoms with Crippen LogP contribution < -0.4 is 19.9 Å². The molecule has 6 heteroatoms. The predicted molar refractivity (Wildman–Crippen MR) is 103 cm³/mol. The second kappa shape index (κ2) is 7.88. The Kier molecular flexibility index (Phi) is 5.38. The highest BCUT2D eigenvalue weighted by Gasteiger charge is 2.21. The Labute approximate surface area is 149 Å². The van der Waals surface area contributed by atoms with E-state index in [1.165, 1.54) is 0 Å². The fraction of sp³-hybridized carbons (Fsp3) is 0.368. The highest BCUT2D eigenvalue weighted by molar-refractivity contribution is 5.59. The molecule has 0 unspecified atom stereocenters. The van der Waals surface area contributed by atoms with Gasteiger partial charge in [0, 0.05) is 44.5 Å². The summed E-state index contributed by atoms with van der Waals surface area (Å²) in [5, 5.41) is 3.24. The van der Waals surface area contributed by atoms with Crippen LogP contribution in [0.1, 0.15) is 5.69 Å². The number of para-hydroxylation sites is 2. The molecule has 0 saturated carbocycles. The van der Waals surface area contributed by atoms with Crippen molar-refractivity contribution < 1.29 is 4.74 Å². The maximum atomic E-state index is 5.48. The van der Waals surface area contributed by atoms with Crippen LogP contribution in [0.25, 0.3) is 0 Å². The molecule has 0 radical (unpaired) electrons. The summed E-state index contributed by atoms with van der Waals surface area (Å²) in [6, 6.07) is 10.1. The summed E-state index contributed by atoms with van der Waals surface area (Å²) >= 11 is 0. The van der Waals surface area contributed by atoms with Crippen molar-refractivity contribution >= 4 is 17.5 Å². The first-order valence-corrected chi connectivity index (χ1v) is 8.54. The Morgan fingerprint density at radius 3 is 2.60 bits per heavy atom. The minimum Gasteiger partial charge on any atom is -0.495 e. The van der Waals surface area contributed by atoms with Crippen molar-refractivity contribution in [2.45, 2.75) is 6.92 Å². The van der Waals surface area contributed by atoms with Gasteiger partial charge < -0.3 is 19.9 Å². The fourth-order valence-electron chi connectivity index (χ4n) is 3.00. The summed E-state index contributed by atoms with van der Waals surface area (Å²) in [7, 11) is 1.72. The van der Waals surface area contributed by atoms with Gasteiger partial charge in [-0.05, 0) is 19.1 Å². The number of nitrogens with zero attached hydrogens (tertiary/aromatic N) is 4. The van der Waals surface area contributed by atoms with Crippen molar-refractivity contribution in [2.75, 3.05) is 55.0 Å². The molecule has 3 rings (SSSR count). The molecule has 1 fully saturated rings. The average Bonchev–Trinajstić information content (AvgIpc) is 2.66. The summed E-state index contributed by atoms with van der Waals surface area (Å²) in [5.41, 5.74) is 2.10. The molecule has 1 aliphatic heterocycles. The standard InChI is InChI=1S/C19H25N5O/c1-4-9-20-18-14-15(2)21-19(22-18)24-12-10-23(11-13-24)16-7-5-6-8-17(16)25-3/h4-8,14H,1,9-13H2,2-3H3,(H,20,21,22). The van der Waals surface area contributed by atoms with E-state index in [1.807, 2.05) is 37.3 Å². The SMILES string of the molecule is C=CCNc1cc(C)nc(N2CCN(c3ccccc3OC)CC2)n1.